The molecule has 2 N–H and O–H groups in total. The molecule has 0 spiro atoms. The molecule has 1 aliphatic rings. The number of ether oxygens (including phenoxy) is 2. The molecule has 0 saturated heterocycles. The van der Waals surface area contributed by atoms with Gasteiger partial charge < -0.3 is 15.2 Å². The number of nitrogens with two attached hydrogens (primary N) is 1. The molecule has 0 unspecified atom stereocenters. The zero-order chi connectivity index (χ0) is 13.0. The van der Waals surface area contributed by atoms with Crippen LogP contribution in [0.2, 0.25) is 0 Å². The Morgan fingerprint density at radius 2 is 1.78 bits per heavy atom. The normalized spacial score (nSPS) is 13.9. The van der Waals surface area contributed by atoms with Crippen molar-refractivity contribution >= 4 is 0 Å². The summed E-state index contributed by atoms with van der Waals surface area (Å²) in [5, 5.41) is 0. The predicted octanol–water partition coefficient (Wildman–Crippen LogP) is 3.21. The van der Waals surface area contributed by atoms with Gasteiger partial charge in [0.1, 0.15) is 0 Å². The minimum atomic E-state index is 0.0878. The summed E-state index contributed by atoms with van der Waals surface area (Å²) in [6, 6.07) is 6.26. The highest BCUT2D eigenvalue weighted by atomic mass is 16.7. The second-order valence-electron chi connectivity index (χ2n) is 5.05. The monoisotopic (exact) mass is 249 g/mol. The fourth-order valence-corrected chi connectivity index (χ4v) is 2.92. The van der Waals surface area contributed by atoms with Crippen molar-refractivity contribution in [1.29, 1.82) is 0 Å². The molecule has 18 heavy (non-hydrogen) atoms. The Morgan fingerprint density at radius 1 is 1.11 bits per heavy atom. The van der Waals surface area contributed by atoms with Crippen LogP contribution in [0, 0.1) is 0 Å². The fourth-order valence-electron chi connectivity index (χ4n) is 2.92. The van der Waals surface area contributed by atoms with Crippen LogP contribution in [0.3, 0.4) is 0 Å². The number of fused-ring (bicyclic) bond motifs is 1. The van der Waals surface area contributed by atoms with E-state index in [9.17, 15) is 0 Å². The van der Waals surface area contributed by atoms with Gasteiger partial charge in [-0.25, -0.2) is 0 Å². The molecule has 0 aromatic heterocycles. The van der Waals surface area contributed by atoms with E-state index in [0.717, 1.165) is 37.2 Å². The van der Waals surface area contributed by atoms with Crippen molar-refractivity contribution in [2.75, 3.05) is 13.3 Å². The van der Waals surface area contributed by atoms with Crippen molar-refractivity contribution < 1.29 is 9.47 Å². The molecule has 100 valence electrons. The summed E-state index contributed by atoms with van der Waals surface area (Å²) < 4.78 is 10.8. The van der Waals surface area contributed by atoms with E-state index in [0.29, 0.717) is 13.3 Å². The lowest BCUT2D eigenvalue weighted by Crippen LogP contribution is -2.35. The van der Waals surface area contributed by atoms with Crippen LogP contribution in [-0.2, 0) is 5.41 Å². The minimum Gasteiger partial charge on any atom is -0.454 e. The Labute approximate surface area is 109 Å². The lowest BCUT2D eigenvalue weighted by molar-refractivity contribution is 0.174. The van der Waals surface area contributed by atoms with Gasteiger partial charge in [0.15, 0.2) is 11.5 Å². The Bertz CT molecular complexity index is 397. The van der Waals surface area contributed by atoms with E-state index < -0.39 is 0 Å². The highest BCUT2D eigenvalue weighted by Crippen LogP contribution is 2.40. The summed E-state index contributed by atoms with van der Waals surface area (Å²) in [6.07, 6.45) is 4.53. The summed E-state index contributed by atoms with van der Waals surface area (Å²) in [7, 11) is 0. The van der Waals surface area contributed by atoms with Crippen LogP contribution >= 0.6 is 0 Å². The topological polar surface area (TPSA) is 44.5 Å². The van der Waals surface area contributed by atoms with Crippen molar-refractivity contribution in [3.05, 3.63) is 23.8 Å². The molecular formula is C15H23NO2. The van der Waals surface area contributed by atoms with Gasteiger partial charge in [-0.05, 0) is 30.5 Å². The third-order valence-corrected chi connectivity index (χ3v) is 3.83. The Morgan fingerprint density at radius 3 is 2.39 bits per heavy atom. The van der Waals surface area contributed by atoms with E-state index in [1.165, 1.54) is 5.56 Å². The number of hydrogen-bond donors (Lipinski definition) is 1. The van der Waals surface area contributed by atoms with E-state index in [-0.39, 0.29) is 5.41 Å². The lowest BCUT2D eigenvalue weighted by atomic mass is 9.73. The Hall–Kier alpha value is -1.22. The molecule has 0 bridgehead atoms. The van der Waals surface area contributed by atoms with Crippen LogP contribution in [0.25, 0.3) is 0 Å². The van der Waals surface area contributed by atoms with Gasteiger partial charge in [0, 0.05) is 12.0 Å². The second kappa shape index (κ2) is 5.61. The van der Waals surface area contributed by atoms with Crippen molar-refractivity contribution in [1.82, 2.24) is 0 Å². The molecule has 1 heterocycles. The molecule has 3 nitrogen and oxygen atoms in total. The van der Waals surface area contributed by atoms with E-state index in [4.69, 9.17) is 15.2 Å². The van der Waals surface area contributed by atoms with Crippen LogP contribution in [-0.4, -0.2) is 13.3 Å². The van der Waals surface area contributed by atoms with Crippen molar-refractivity contribution in [3.8, 4) is 11.5 Å². The number of rotatable bonds is 6. The van der Waals surface area contributed by atoms with E-state index in [2.05, 4.69) is 26.0 Å². The van der Waals surface area contributed by atoms with Crippen LogP contribution in [0.1, 0.15) is 45.1 Å². The van der Waals surface area contributed by atoms with Gasteiger partial charge >= 0.3 is 0 Å². The highest BCUT2D eigenvalue weighted by molar-refractivity contribution is 5.46. The third kappa shape index (κ3) is 2.32. The standard InChI is InChI=1S/C15H23NO2/c1-3-7-15(10-16,8-4-2)12-5-6-13-14(9-12)18-11-17-13/h5-6,9H,3-4,7-8,10-11,16H2,1-2H3. The second-order valence-corrected chi connectivity index (χ2v) is 5.05. The third-order valence-electron chi connectivity index (χ3n) is 3.83. The number of benzene rings is 1. The van der Waals surface area contributed by atoms with E-state index >= 15 is 0 Å². The van der Waals surface area contributed by atoms with Gasteiger partial charge in [0.05, 0.1) is 0 Å². The average molecular weight is 249 g/mol. The Balaban J connectivity index is 2.35. The van der Waals surface area contributed by atoms with Crippen LogP contribution in [0.4, 0.5) is 0 Å². The molecule has 3 heteroatoms. The van der Waals surface area contributed by atoms with Crippen molar-refractivity contribution in [2.45, 2.75) is 44.9 Å². The minimum absolute atomic E-state index is 0.0878. The average Bonchev–Trinajstić information content (AvgIpc) is 2.85. The first-order chi connectivity index (χ1) is 8.75. The molecule has 0 amide bonds. The molecular weight excluding hydrogens is 226 g/mol. The Kier molecular flexibility index (Phi) is 4.12. The van der Waals surface area contributed by atoms with Gasteiger partial charge in [-0.2, -0.15) is 0 Å². The summed E-state index contributed by atoms with van der Waals surface area (Å²) >= 11 is 0. The summed E-state index contributed by atoms with van der Waals surface area (Å²) in [6.45, 7) is 5.45. The molecule has 2 rings (SSSR count). The molecule has 0 fully saturated rings. The maximum atomic E-state index is 6.09. The molecule has 0 saturated carbocycles. The van der Waals surface area contributed by atoms with Gasteiger partial charge in [-0.3, -0.25) is 0 Å². The molecule has 1 aliphatic heterocycles. The molecule has 0 aliphatic carbocycles. The maximum absolute atomic E-state index is 6.09. The van der Waals surface area contributed by atoms with Crippen molar-refractivity contribution in [3.63, 3.8) is 0 Å². The van der Waals surface area contributed by atoms with Crippen LogP contribution in [0.5, 0.6) is 11.5 Å². The van der Waals surface area contributed by atoms with Gasteiger partial charge in [0.25, 0.3) is 0 Å². The fraction of sp³-hybridized carbons (Fsp3) is 0.600. The summed E-state index contributed by atoms with van der Waals surface area (Å²) in [5.74, 6) is 1.70. The first kappa shape index (κ1) is 13.2. The molecule has 1 aromatic carbocycles. The zero-order valence-electron chi connectivity index (χ0n) is 11.4. The molecule has 0 atom stereocenters. The molecule has 0 radical (unpaired) electrons. The zero-order valence-corrected chi connectivity index (χ0v) is 11.4. The van der Waals surface area contributed by atoms with E-state index in [1.807, 2.05) is 6.07 Å². The van der Waals surface area contributed by atoms with Gasteiger partial charge in [-0.15, -0.1) is 0 Å². The summed E-state index contributed by atoms with van der Waals surface area (Å²) in [5.41, 5.74) is 7.46. The first-order valence-corrected chi connectivity index (χ1v) is 6.86. The summed E-state index contributed by atoms with van der Waals surface area (Å²) in [4.78, 5) is 0. The largest absolute Gasteiger partial charge is 0.454 e. The quantitative estimate of drug-likeness (QED) is 0.842. The van der Waals surface area contributed by atoms with E-state index in [1.54, 1.807) is 0 Å². The first-order valence-electron chi connectivity index (χ1n) is 6.86. The SMILES string of the molecule is CCCC(CN)(CCC)c1ccc2c(c1)OCO2. The maximum Gasteiger partial charge on any atom is 0.231 e. The molecule has 1 aromatic rings. The van der Waals surface area contributed by atoms with Gasteiger partial charge in [-0.1, -0.05) is 32.8 Å². The highest BCUT2D eigenvalue weighted by Gasteiger charge is 2.30. The van der Waals surface area contributed by atoms with Crippen LogP contribution in [0.15, 0.2) is 18.2 Å². The smallest absolute Gasteiger partial charge is 0.231 e. The lowest BCUT2D eigenvalue weighted by Gasteiger charge is -2.33. The van der Waals surface area contributed by atoms with Crippen LogP contribution < -0.4 is 15.2 Å². The van der Waals surface area contributed by atoms with Gasteiger partial charge in [0.2, 0.25) is 6.79 Å². The van der Waals surface area contributed by atoms with Crippen molar-refractivity contribution in [2.24, 2.45) is 5.73 Å². The number of hydrogen-bond acceptors (Lipinski definition) is 3. The predicted molar refractivity (Wildman–Crippen MR) is 73.1 cm³/mol.